The summed E-state index contributed by atoms with van der Waals surface area (Å²) < 4.78 is 6.95. The summed E-state index contributed by atoms with van der Waals surface area (Å²) in [6.07, 6.45) is 0. The van der Waals surface area contributed by atoms with Crippen LogP contribution in [0.15, 0.2) is 89.7 Å². The van der Waals surface area contributed by atoms with Crippen molar-refractivity contribution in [3.8, 4) is 22.6 Å². The molecule has 4 rings (SSSR count). The highest BCUT2D eigenvalue weighted by Crippen LogP contribution is 2.28. The van der Waals surface area contributed by atoms with Gasteiger partial charge >= 0.3 is 0 Å². The van der Waals surface area contributed by atoms with E-state index in [0.717, 1.165) is 33.5 Å². The normalized spacial score (nSPS) is 10.8. The summed E-state index contributed by atoms with van der Waals surface area (Å²) in [6, 6.07) is 27.2. The molecular weight excluding hydrogens is 310 g/mol. The van der Waals surface area contributed by atoms with Crippen molar-refractivity contribution in [2.75, 3.05) is 7.11 Å². The molecule has 0 aliphatic rings. The van der Waals surface area contributed by atoms with Gasteiger partial charge in [-0.05, 0) is 41.5 Å². The number of methoxy groups -OCH3 is 1. The van der Waals surface area contributed by atoms with Gasteiger partial charge in [-0.1, -0.05) is 48.5 Å². The number of hydrogen-bond donors (Lipinski definition) is 0. The molecule has 3 nitrogen and oxygen atoms in total. The number of fused-ring (bicyclic) bond motifs is 1. The molecule has 0 saturated carbocycles. The predicted molar refractivity (Wildman–Crippen MR) is 102 cm³/mol. The lowest BCUT2D eigenvalue weighted by molar-refractivity contribution is 0.415. The molecule has 25 heavy (non-hydrogen) atoms. The van der Waals surface area contributed by atoms with Gasteiger partial charge in [0.25, 0.3) is 5.56 Å². The van der Waals surface area contributed by atoms with Crippen molar-refractivity contribution >= 4 is 10.9 Å². The van der Waals surface area contributed by atoms with E-state index in [1.165, 1.54) is 0 Å². The first-order valence-corrected chi connectivity index (χ1v) is 8.12. The molecule has 0 atom stereocenters. The van der Waals surface area contributed by atoms with Crippen LogP contribution in [0.3, 0.4) is 0 Å². The Morgan fingerprint density at radius 1 is 0.800 bits per heavy atom. The Bertz CT molecular complexity index is 1080. The molecule has 0 spiro atoms. The first-order chi connectivity index (χ1) is 12.3. The highest BCUT2D eigenvalue weighted by atomic mass is 16.5. The summed E-state index contributed by atoms with van der Waals surface area (Å²) in [6.45, 7) is 0. The summed E-state index contributed by atoms with van der Waals surface area (Å²) in [4.78, 5) is 12.9. The van der Waals surface area contributed by atoms with Crippen LogP contribution in [-0.2, 0) is 0 Å². The zero-order valence-electron chi connectivity index (χ0n) is 13.8. The fourth-order valence-electron chi connectivity index (χ4n) is 3.14. The second-order valence-corrected chi connectivity index (χ2v) is 5.81. The molecule has 1 heterocycles. The molecule has 4 aromatic rings. The highest BCUT2D eigenvalue weighted by Gasteiger charge is 2.11. The number of nitrogens with zero attached hydrogens (tertiary/aromatic N) is 1. The summed E-state index contributed by atoms with van der Waals surface area (Å²) in [7, 11) is 1.63. The fraction of sp³-hybridized carbons (Fsp3) is 0.0455. The van der Waals surface area contributed by atoms with E-state index >= 15 is 0 Å². The van der Waals surface area contributed by atoms with Crippen LogP contribution in [0.2, 0.25) is 0 Å². The molecule has 0 fully saturated rings. The van der Waals surface area contributed by atoms with Gasteiger partial charge in [-0.25, -0.2) is 0 Å². The van der Waals surface area contributed by atoms with Crippen LogP contribution >= 0.6 is 0 Å². The molecule has 0 aliphatic carbocycles. The Kier molecular flexibility index (Phi) is 3.82. The molecular formula is C22H17NO2. The summed E-state index contributed by atoms with van der Waals surface area (Å²) in [5.74, 6) is 0.766. The van der Waals surface area contributed by atoms with Gasteiger partial charge in [0.1, 0.15) is 5.75 Å². The van der Waals surface area contributed by atoms with Gasteiger partial charge in [0.05, 0.1) is 12.6 Å². The Balaban J connectivity index is 2.01. The number of pyridine rings is 1. The summed E-state index contributed by atoms with van der Waals surface area (Å²) in [5.41, 5.74) is 3.65. The minimum absolute atomic E-state index is 0.0530. The van der Waals surface area contributed by atoms with Gasteiger partial charge in [-0.2, -0.15) is 0 Å². The molecule has 3 aromatic carbocycles. The van der Waals surface area contributed by atoms with Crippen molar-refractivity contribution in [2.24, 2.45) is 0 Å². The van der Waals surface area contributed by atoms with Crippen LogP contribution in [0, 0.1) is 0 Å². The number of ether oxygens (including phenoxy) is 1. The van der Waals surface area contributed by atoms with Crippen LogP contribution < -0.4 is 10.3 Å². The number of hydrogen-bond acceptors (Lipinski definition) is 2. The summed E-state index contributed by atoms with van der Waals surface area (Å²) >= 11 is 0. The van der Waals surface area contributed by atoms with Crippen LogP contribution in [0.5, 0.6) is 5.75 Å². The average Bonchev–Trinajstić information content (AvgIpc) is 2.68. The number of aromatic nitrogens is 1. The monoisotopic (exact) mass is 327 g/mol. The highest BCUT2D eigenvalue weighted by molar-refractivity contribution is 5.95. The zero-order chi connectivity index (χ0) is 17.2. The van der Waals surface area contributed by atoms with E-state index in [0.29, 0.717) is 0 Å². The lowest BCUT2D eigenvalue weighted by Crippen LogP contribution is -2.18. The molecule has 0 radical (unpaired) electrons. The van der Waals surface area contributed by atoms with E-state index in [1.807, 2.05) is 72.8 Å². The second-order valence-electron chi connectivity index (χ2n) is 5.81. The maximum atomic E-state index is 12.9. The molecule has 0 aliphatic heterocycles. The van der Waals surface area contributed by atoms with Crippen LogP contribution in [0.25, 0.3) is 27.7 Å². The van der Waals surface area contributed by atoms with Crippen molar-refractivity contribution in [3.05, 3.63) is 95.3 Å². The number of benzene rings is 3. The Morgan fingerprint density at radius 3 is 2.20 bits per heavy atom. The first kappa shape index (κ1) is 15.2. The SMILES string of the molecule is COc1ccc(-n2c(=O)cc(-c3ccccc3)c3ccccc32)cc1. The van der Waals surface area contributed by atoms with Gasteiger partial charge in [-0.15, -0.1) is 0 Å². The smallest absolute Gasteiger partial charge is 0.256 e. The minimum Gasteiger partial charge on any atom is -0.497 e. The van der Waals surface area contributed by atoms with Crippen LogP contribution in [-0.4, -0.2) is 11.7 Å². The van der Waals surface area contributed by atoms with Gasteiger partial charge in [-0.3, -0.25) is 9.36 Å². The van der Waals surface area contributed by atoms with Crippen LogP contribution in [0.1, 0.15) is 0 Å². The standard InChI is InChI=1S/C22H17NO2/c1-25-18-13-11-17(12-14-18)23-21-10-6-5-9-19(21)20(15-22(23)24)16-7-3-2-4-8-16/h2-15H,1H3. The van der Waals surface area contributed by atoms with E-state index < -0.39 is 0 Å². The predicted octanol–water partition coefficient (Wildman–Crippen LogP) is 4.67. The number of para-hydroxylation sites is 1. The molecule has 122 valence electrons. The van der Waals surface area contributed by atoms with Crippen molar-refractivity contribution in [1.82, 2.24) is 4.57 Å². The fourth-order valence-corrected chi connectivity index (χ4v) is 3.14. The third kappa shape index (κ3) is 2.70. The maximum absolute atomic E-state index is 12.9. The number of rotatable bonds is 3. The Labute approximate surface area is 145 Å². The van der Waals surface area contributed by atoms with Crippen molar-refractivity contribution in [3.63, 3.8) is 0 Å². The average molecular weight is 327 g/mol. The van der Waals surface area contributed by atoms with E-state index in [4.69, 9.17) is 4.74 Å². The van der Waals surface area contributed by atoms with Crippen molar-refractivity contribution in [1.29, 1.82) is 0 Å². The molecule has 3 heteroatoms. The van der Waals surface area contributed by atoms with Gasteiger partial charge in [0.15, 0.2) is 0 Å². The van der Waals surface area contributed by atoms with Crippen molar-refractivity contribution < 1.29 is 4.74 Å². The van der Waals surface area contributed by atoms with Crippen molar-refractivity contribution in [2.45, 2.75) is 0 Å². The van der Waals surface area contributed by atoms with Gasteiger partial charge in [0.2, 0.25) is 0 Å². The Hall–Kier alpha value is -3.33. The largest absolute Gasteiger partial charge is 0.497 e. The lowest BCUT2D eigenvalue weighted by Gasteiger charge is -2.14. The summed E-state index contributed by atoms with van der Waals surface area (Å²) in [5, 5.41) is 1.05. The maximum Gasteiger partial charge on any atom is 0.256 e. The zero-order valence-corrected chi connectivity index (χ0v) is 13.8. The molecule has 1 aromatic heterocycles. The van der Waals surface area contributed by atoms with Crippen LogP contribution in [0.4, 0.5) is 0 Å². The first-order valence-electron chi connectivity index (χ1n) is 8.12. The molecule has 0 saturated heterocycles. The molecule has 0 bridgehead atoms. The van der Waals surface area contributed by atoms with Gasteiger partial charge in [0, 0.05) is 17.1 Å². The molecule has 0 N–H and O–H groups in total. The van der Waals surface area contributed by atoms with Gasteiger partial charge < -0.3 is 4.74 Å². The topological polar surface area (TPSA) is 31.2 Å². The molecule has 0 amide bonds. The quantitative estimate of drug-likeness (QED) is 0.548. The second kappa shape index (κ2) is 6.29. The van der Waals surface area contributed by atoms with E-state index in [1.54, 1.807) is 17.7 Å². The third-order valence-electron chi connectivity index (χ3n) is 4.34. The third-order valence-corrected chi connectivity index (χ3v) is 4.34. The molecule has 0 unspecified atom stereocenters. The minimum atomic E-state index is -0.0530. The van der Waals surface area contributed by atoms with E-state index in [2.05, 4.69) is 6.07 Å². The lowest BCUT2D eigenvalue weighted by atomic mass is 10.0. The van der Waals surface area contributed by atoms with E-state index in [-0.39, 0.29) is 5.56 Å². The Morgan fingerprint density at radius 2 is 1.48 bits per heavy atom. The van der Waals surface area contributed by atoms with E-state index in [9.17, 15) is 4.79 Å².